The summed E-state index contributed by atoms with van der Waals surface area (Å²) >= 11 is 0. The van der Waals surface area contributed by atoms with Crippen molar-refractivity contribution in [2.45, 2.75) is 32.7 Å². The maximum atomic E-state index is 13.6. The maximum Gasteiger partial charge on any atom is 0.565 e. The van der Waals surface area contributed by atoms with Crippen molar-refractivity contribution >= 4 is 24.5 Å². The minimum atomic E-state index is -1.67. The summed E-state index contributed by atoms with van der Waals surface area (Å²) in [7, 11) is -1.67. The molecule has 21 heavy (non-hydrogen) atoms. The molecule has 0 saturated carbocycles. The number of carboxylic acid groups (broad SMARTS) is 1. The molecular formula is C13H17BFNO5. The van der Waals surface area contributed by atoms with Crippen molar-refractivity contribution in [2.75, 3.05) is 0 Å². The molecule has 1 aliphatic rings. The standard InChI is InChI=1S/C11H11BFNO5.C2H6/c13-7-2-1-5(3-8(14)11(16)17)6-4-9(15)19-12(18)10(6)7;1-2/h1-2,8,18H,3-4,14H2,(H,16,17);1-2H3. The molecule has 1 heterocycles. The summed E-state index contributed by atoms with van der Waals surface area (Å²) in [5.74, 6) is -2.60. The zero-order valence-corrected chi connectivity index (χ0v) is 11.8. The zero-order chi connectivity index (χ0) is 16.2. The van der Waals surface area contributed by atoms with E-state index in [1.807, 2.05) is 13.8 Å². The van der Waals surface area contributed by atoms with Crippen molar-refractivity contribution in [3.63, 3.8) is 0 Å². The van der Waals surface area contributed by atoms with Crippen LogP contribution in [0.15, 0.2) is 12.1 Å². The number of carbonyl (C=O) groups excluding carboxylic acids is 1. The average Bonchev–Trinajstić information content (AvgIpc) is 2.43. The average molecular weight is 297 g/mol. The van der Waals surface area contributed by atoms with Crippen LogP contribution in [0.2, 0.25) is 0 Å². The maximum absolute atomic E-state index is 13.6. The monoisotopic (exact) mass is 297 g/mol. The molecule has 6 nitrogen and oxygen atoms in total. The van der Waals surface area contributed by atoms with Crippen LogP contribution in [0, 0.1) is 5.82 Å². The number of hydrogen-bond acceptors (Lipinski definition) is 5. The third kappa shape index (κ3) is 3.80. The van der Waals surface area contributed by atoms with Crippen LogP contribution in [0.1, 0.15) is 25.0 Å². The molecule has 8 heteroatoms. The van der Waals surface area contributed by atoms with Gasteiger partial charge in [-0.15, -0.1) is 0 Å². The van der Waals surface area contributed by atoms with E-state index in [0.29, 0.717) is 5.56 Å². The van der Waals surface area contributed by atoms with Gasteiger partial charge in [0, 0.05) is 5.46 Å². The summed E-state index contributed by atoms with van der Waals surface area (Å²) in [6, 6.07) is 1.29. The van der Waals surface area contributed by atoms with Crippen molar-refractivity contribution in [3.05, 3.63) is 29.1 Å². The Morgan fingerprint density at radius 2 is 2.14 bits per heavy atom. The van der Waals surface area contributed by atoms with Crippen LogP contribution in [-0.2, 0) is 27.1 Å². The van der Waals surface area contributed by atoms with E-state index >= 15 is 0 Å². The number of fused-ring (bicyclic) bond motifs is 1. The first kappa shape index (κ1) is 17.1. The van der Waals surface area contributed by atoms with E-state index in [2.05, 4.69) is 4.65 Å². The highest BCUT2D eigenvalue weighted by atomic mass is 19.1. The highest BCUT2D eigenvalue weighted by Crippen LogP contribution is 2.17. The lowest BCUT2D eigenvalue weighted by Gasteiger charge is -2.22. The molecular weight excluding hydrogens is 280 g/mol. The fourth-order valence-corrected chi connectivity index (χ4v) is 2.04. The topological polar surface area (TPSA) is 110 Å². The Labute approximate surface area is 121 Å². The molecule has 0 spiro atoms. The third-order valence-corrected chi connectivity index (χ3v) is 2.97. The van der Waals surface area contributed by atoms with Gasteiger partial charge in [0.2, 0.25) is 0 Å². The van der Waals surface area contributed by atoms with E-state index in [-0.39, 0.29) is 23.9 Å². The molecule has 1 atom stereocenters. The Morgan fingerprint density at radius 3 is 2.71 bits per heavy atom. The molecule has 1 aliphatic heterocycles. The van der Waals surface area contributed by atoms with Gasteiger partial charge in [0.15, 0.2) is 0 Å². The Bertz CT molecular complexity index is 552. The Hall–Kier alpha value is -1.93. The highest BCUT2D eigenvalue weighted by molar-refractivity contribution is 6.63. The van der Waals surface area contributed by atoms with Gasteiger partial charge in [-0.2, -0.15) is 0 Å². The number of rotatable bonds is 3. The van der Waals surface area contributed by atoms with Crippen LogP contribution in [0.4, 0.5) is 4.39 Å². The Morgan fingerprint density at radius 1 is 1.52 bits per heavy atom. The van der Waals surface area contributed by atoms with Crippen molar-refractivity contribution in [3.8, 4) is 0 Å². The Kier molecular flexibility index (Phi) is 5.86. The van der Waals surface area contributed by atoms with E-state index in [1.165, 1.54) is 6.07 Å². The van der Waals surface area contributed by atoms with Gasteiger partial charge in [0.25, 0.3) is 5.97 Å². The van der Waals surface area contributed by atoms with Crippen molar-refractivity contribution in [1.29, 1.82) is 0 Å². The van der Waals surface area contributed by atoms with E-state index < -0.39 is 30.9 Å². The van der Waals surface area contributed by atoms with Gasteiger partial charge in [-0.05, 0) is 23.6 Å². The normalized spacial score (nSPS) is 14.5. The van der Waals surface area contributed by atoms with Gasteiger partial charge in [-0.25, -0.2) is 4.39 Å². The van der Waals surface area contributed by atoms with Crippen LogP contribution in [0.5, 0.6) is 0 Å². The second-order valence-electron chi connectivity index (χ2n) is 4.27. The number of carbonyl (C=O) groups is 2. The molecule has 2 rings (SSSR count). The number of halogens is 1. The molecule has 0 fully saturated rings. The van der Waals surface area contributed by atoms with Crippen LogP contribution in [0.25, 0.3) is 0 Å². The second-order valence-corrected chi connectivity index (χ2v) is 4.27. The van der Waals surface area contributed by atoms with Crippen LogP contribution in [0.3, 0.4) is 0 Å². The SMILES string of the molecule is CC.NC(Cc1ccc(F)c2c1CC(=O)OB2O)C(=O)O. The number of benzene rings is 1. The number of nitrogens with two attached hydrogens (primary N) is 1. The quantitative estimate of drug-likeness (QED) is 0.654. The van der Waals surface area contributed by atoms with Gasteiger partial charge in [0.1, 0.15) is 11.9 Å². The van der Waals surface area contributed by atoms with Gasteiger partial charge < -0.3 is 20.5 Å². The summed E-state index contributed by atoms with van der Waals surface area (Å²) in [5.41, 5.74) is 5.96. The number of carboxylic acids is 1. The minimum absolute atomic E-state index is 0.0576. The molecule has 114 valence electrons. The molecule has 0 radical (unpaired) electrons. The van der Waals surface area contributed by atoms with Crippen LogP contribution in [-0.4, -0.2) is 35.2 Å². The molecule has 0 aliphatic carbocycles. The molecule has 0 saturated heterocycles. The first-order valence-corrected chi connectivity index (χ1v) is 6.56. The van der Waals surface area contributed by atoms with Gasteiger partial charge in [0.05, 0.1) is 6.42 Å². The predicted molar refractivity (Wildman–Crippen MR) is 74.5 cm³/mol. The van der Waals surface area contributed by atoms with Crippen molar-refractivity contribution in [1.82, 2.24) is 0 Å². The number of hydrogen-bond donors (Lipinski definition) is 3. The molecule has 1 aromatic carbocycles. The molecule has 4 N–H and O–H groups in total. The second kappa shape index (κ2) is 7.19. The third-order valence-electron chi connectivity index (χ3n) is 2.97. The van der Waals surface area contributed by atoms with Gasteiger partial charge in [-0.1, -0.05) is 19.9 Å². The summed E-state index contributed by atoms with van der Waals surface area (Å²) < 4.78 is 18.2. The van der Waals surface area contributed by atoms with E-state index in [9.17, 15) is 19.0 Å². The lowest BCUT2D eigenvalue weighted by molar-refractivity contribution is -0.138. The smallest absolute Gasteiger partial charge is 0.506 e. The summed E-state index contributed by atoms with van der Waals surface area (Å²) in [6.45, 7) is 4.00. The fraction of sp³-hybridized carbons (Fsp3) is 0.385. The van der Waals surface area contributed by atoms with Crippen LogP contribution < -0.4 is 11.2 Å². The lowest BCUT2D eigenvalue weighted by Crippen LogP contribution is -2.46. The fourth-order valence-electron chi connectivity index (χ4n) is 2.04. The number of aliphatic carboxylic acids is 1. The van der Waals surface area contributed by atoms with Crippen LogP contribution >= 0.6 is 0 Å². The predicted octanol–water partition coefficient (Wildman–Crippen LogP) is -0.407. The molecule has 0 aromatic heterocycles. The van der Waals surface area contributed by atoms with Crippen molar-refractivity contribution in [2.24, 2.45) is 5.73 Å². The minimum Gasteiger partial charge on any atom is -0.506 e. The van der Waals surface area contributed by atoms with Gasteiger partial charge in [-0.3, -0.25) is 9.59 Å². The van der Waals surface area contributed by atoms with E-state index in [1.54, 1.807) is 0 Å². The first-order valence-electron chi connectivity index (χ1n) is 6.56. The summed E-state index contributed by atoms with van der Waals surface area (Å²) in [5, 5.41) is 18.3. The van der Waals surface area contributed by atoms with E-state index in [0.717, 1.165) is 6.07 Å². The van der Waals surface area contributed by atoms with Gasteiger partial charge >= 0.3 is 13.1 Å². The molecule has 0 bridgehead atoms. The largest absolute Gasteiger partial charge is 0.565 e. The van der Waals surface area contributed by atoms with Crippen molar-refractivity contribution < 1.29 is 28.8 Å². The zero-order valence-electron chi connectivity index (χ0n) is 11.8. The highest BCUT2D eigenvalue weighted by Gasteiger charge is 2.35. The van der Waals surface area contributed by atoms with E-state index in [4.69, 9.17) is 10.8 Å². The Balaban J connectivity index is 0.00000106. The molecule has 1 unspecified atom stereocenters. The first-order chi connectivity index (χ1) is 9.90. The molecule has 0 amide bonds. The summed E-state index contributed by atoms with van der Waals surface area (Å²) in [6.07, 6.45) is -0.274. The molecule has 1 aromatic rings. The lowest BCUT2D eigenvalue weighted by atomic mass is 9.71. The summed E-state index contributed by atoms with van der Waals surface area (Å²) in [4.78, 5) is 22.0.